The van der Waals surface area contributed by atoms with E-state index in [2.05, 4.69) is 24.9 Å². The number of hydrogen-bond donors (Lipinski definition) is 2. The molecule has 10 heteroatoms. The highest BCUT2D eigenvalue weighted by atomic mass is 32.2. The van der Waals surface area contributed by atoms with Crippen LogP contribution in [0.4, 0.5) is 23.3 Å². The largest absolute Gasteiger partial charge is 0.378 e. The number of para-hydroxylation sites is 1. The van der Waals surface area contributed by atoms with Crippen LogP contribution in [-0.4, -0.2) is 49.7 Å². The van der Waals surface area contributed by atoms with Crippen molar-refractivity contribution in [2.75, 3.05) is 41.2 Å². The minimum Gasteiger partial charge on any atom is -0.378 e. The summed E-state index contributed by atoms with van der Waals surface area (Å²) in [6.07, 6.45) is 1.53. The molecular formula is C23H22N6O3S. The summed E-state index contributed by atoms with van der Waals surface area (Å²) in [6, 6.07) is 19.3. The Balaban J connectivity index is 1.39. The molecule has 1 fully saturated rings. The van der Waals surface area contributed by atoms with Gasteiger partial charge in [-0.15, -0.1) is 0 Å². The number of rotatable bonds is 6. The molecule has 0 unspecified atom stereocenters. The monoisotopic (exact) mass is 462 g/mol. The molecule has 5 rings (SSSR count). The smallest absolute Gasteiger partial charge is 0.263 e. The molecule has 33 heavy (non-hydrogen) atoms. The highest BCUT2D eigenvalue weighted by Crippen LogP contribution is 2.27. The van der Waals surface area contributed by atoms with E-state index in [1.54, 1.807) is 30.3 Å². The predicted octanol–water partition coefficient (Wildman–Crippen LogP) is 3.41. The molecule has 0 spiro atoms. The van der Waals surface area contributed by atoms with Crippen LogP contribution >= 0.6 is 0 Å². The number of sulfonamides is 1. The molecule has 4 aromatic rings. The van der Waals surface area contributed by atoms with E-state index in [0.717, 1.165) is 29.8 Å². The van der Waals surface area contributed by atoms with Crippen molar-refractivity contribution in [3.63, 3.8) is 0 Å². The lowest BCUT2D eigenvalue weighted by atomic mass is 10.2. The molecular weight excluding hydrogens is 440 g/mol. The fraction of sp³-hybridized carbons (Fsp3) is 0.174. The second-order valence-corrected chi connectivity index (χ2v) is 9.14. The average Bonchev–Trinajstić information content (AvgIpc) is 2.85. The number of nitrogens with one attached hydrogen (secondary N) is 2. The van der Waals surface area contributed by atoms with Crippen molar-refractivity contribution in [1.82, 2.24) is 15.0 Å². The van der Waals surface area contributed by atoms with E-state index in [1.165, 1.54) is 18.3 Å². The van der Waals surface area contributed by atoms with Crippen molar-refractivity contribution in [3.05, 3.63) is 72.9 Å². The standard InChI is InChI=1S/C23H22N6O3S/c30-33(31,28-21-7-3-4-12-24-21)18-10-8-17(9-11-18)25-23-26-20-6-2-1-5-19(20)22(27-23)29-13-15-32-16-14-29/h1-12H,13-16H2,(H,24,28)(H,25,26,27). The maximum atomic E-state index is 12.6. The maximum absolute atomic E-state index is 12.6. The van der Waals surface area contributed by atoms with Gasteiger partial charge in [0.1, 0.15) is 11.6 Å². The third-order valence-corrected chi connectivity index (χ3v) is 6.59. The molecule has 1 aliphatic heterocycles. The zero-order chi connectivity index (χ0) is 22.7. The molecule has 1 saturated heterocycles. The van der Waals surface area contributed by atoms with Gasteiger partial charge in [-0.3, -0.25) is 4.72 Å². The molecule has 1 aliphatic rings. The first-order chi connectivity index (χ1) is 16.1. The van der Waals surface area contributed by atoms with Gasteiger partial charge in [0.15, 0.2) is 0 Å². The van der Waals surface area contributed by atoms with Gasteiger partial charge in [0.05, 0.1) is 23.6 Å². The lowest BCUT2D eigenvalue weighted by Gasteiger charge is -2.29. The first kappa shape index (κ1) is 21.1. The Morgan fingerprint density at radius 1 is 0.879 bits per heavy atom. The number of benzene rings is 2. The molecule has 0 radical (unpaired) electrons. The number of anilines is 4. The Morgan fingerprint density at radius 3 is 2.39 bits per heavy atom. The van der Waals surface area contributed by atoms with E-state index in [4.69, 9.17) is 9.72 Å². The highest BCUT2D eigenvalue weighted by Gasteiger charge is 2.18. The van der Waals surface area contributed by atoms with E-state index < -0.39 is 10.0 Å². The lowest BCUT2D eigenvalue weighted by Crippen LogP contribution is -2.37. The van der Waals surface area contributed by atoms with Crippen LogP contribution in [0.1, 0.15) is 0 Å². The summed E-state index contributed by atoms with van der Waals surface area (Å²) in [5.74, 6) is 1.56. The van der Waals surface area contributed by atoms with Crippen molar-refractivity contribution in [2.24, 2.45) is 0 Å². The van der Waals surface area contributed by atoms with Gasteiger partial charge in [-0.05, 0) is 48.5 Å². The summed E-state index contributed by atoms with van der Waals surface area (Å²) >= 11 is 0. The highest BCUT2D eigenvalue weighted by molar-refractivity contribution is 7.92. The van der Waals surface area contributed by atoms with Gasteiger partial charge in [0.2, 0.25) is 5.95 Å². The summed E-state index contributed by atoms with van der Waals surface area (Å²) in [5.41, 5.74) is 1.50. The molecule has 168 valence electrons. The Kier molecular flexibility index (Phi) is 5.76. The molecule has 0 aliphatic carbocycles. The van der Waals surface area contributed by atoms with Gasteiger partial charge < -0.3 is 15.0 Å². The van der Waals surface area contributed by atoms with Crippen LogP contribution in [-0.2, 0) is 14.8 Å². The van der Waals surface area contributed by atoms with Crippen LogP contribution < -0.4 is 14.9 Å². The fourth-order valence-corrected chi connectivity index (χ4v) is 4.61. The number of pyridine rings is 1. The molecule has 2 N–H and O–H groups in total. The number of morpholine rings is 1. The summed E-state index contributed by atoms with van der Waals surface area (Å²) < 4.78 is 33.2. The summed E-state index contributed by atoms with van der Waals surface area (Å²) in [7, 11) is -3.74. The number of aromatic nitrogens is 3. The van der Waals surface area contributed by atoms with E-state index in [0.29, 0.717) is 24.8 Å². The fourth-order valence-electron chi connectivity index (χ4n) is 3.60. The Labute approximate surface area is 191 Å². The molecule has 0 bridgehead atoms. The van der Waals surface area contributed by atoms with Crippen LogP contribution in [0, 0.1) is 0 Å². The van der Waals surface area contributed by atoms with Crippen molar-refractivity contribution < 1.29 is 13.2 Å². The molecule has 0 atom stereocenters. The first-order valence-electron chi connectivity index (χ1n) is 10.5. The maximum Gasteiger partial charge on any atom is 0.263 e. The molecule has 2 aromatic heterocycles. The zero-order valence-electron chi connectivity index (χ0n) is 17.7. The van der Waals surface area contributed by atoms with Crippen LogP contribution in [0.3, 0.4) is 0 Å². The average molecular weight is 463 g/mol. The SMILES string of the molecule is O=S(=O)(Nc1ccccn1)c1ccc(Nc2nc(N3CCOCC3)c3ccccc3n2)cc1. The summed E-state index contributed by atoms with van der Waals surface area (Å²) in [6.45, 7) is 2.83. The first-order valence-corrected chi connectivity index (χ1v) is 12.0. The van der Waals surface area contributed by atoms with Gasteiger partial charge in [-0.1, -0.05) is 18.2 Å². The zero-order valence-corrected chi connectivity index (χ0v) is 18.5. The van der Waals surface area contributed by atoms with Gasteiger partial charge in [-0.2, -0.15) is 4.98 Å². The molecule has 9 nitrogen and oxygen atoms in total. The van der Waals surface area contributed by atoms with Gasteiger partial charge in [0, 0.05) is 30.4 Å². The second kappa shape index (κ2) is 9.00. The Hall–Kier alpha value is -3.76. The molecule has 3 heterocycles. The van der Waals surface area contributed by atoms with Crippen LogP contribution in [0.2, 0.25) is 0 Å². The van der Waals surface area contributed by atoms with E-state index in [9.17, 15) is 8.42 Å². The quantitative estimate of drug-likeness (QED) is 0.449. The van der Waals surface area contributed by atoms with Crippen molar-refractivity contribution in [1.29, 1.82) is 0 Å². The number of hydrogen-bond acceptors (Lipinski definition) is 8. The van der Waals surface area contributed by atoms with E-state index in [-0.39, 0.29) is 10.7 Å². The molecule has 2 aromatic carbocycles. The Bertz CT molecular complexity index is 1360. The van der Waals surface area contributed by atoms with Gasteiger partial charge in [-0.25, -0.2) is 18.4 Å². The minimum absolute atomic E-state index is 0.132. The van der Waals surface area contributed by atoms with E-state index >= 15 is 0 Å². The third kappa shape index (κ3) is 4.71. The van der Waals surface area contributed by atoms with Crippen LogP contribution in [0.15, 0.2) is 77.8 Å². The molecule has 0 saturated carbocycles. The molecule has 0 amide bonds. The van der Waals surface area contributed by atoms with Crippen molar-refractivity contribution in [3.8, 4) is 0 Å². The van der Waals surface area contributed by atoms with Crippen molar-refractivity contribution >= 4 is 44.2 Å². The van der Waals surface area contributed by atoms with Crippen LogP contribution in [0.25, 0.3) is 10.9 Å². The summed E-state index contributed by atoms with van der Waals surface area (Å²) in [4.78, 5) is 15.7. The number of ether oxygens (including phenoxy) is 1. The predicted molar refractivity (Wildman–Crippen MR) is 127 cm³/mol. The van der Waals surface area contributed by atoms with Crippen LogP contribution in [0.5, 0.6) is 0 Å². The normalized spacial score (nSPS) is 14.2. The lowest BCUT2D eigenvalue weighted by molar-refractivity contribution is 0.122. The van der Waals surface area contributed by atoms with Gasteiger partial charge >= 0.3 is 0 Å². The number of fused-ring (bicyclic) bond motifs is 1. The van der Waals surface area contributed by atoms with Gasteiger partial charge in [0.25, 0.3) is 10.0 Å². The number of nitrogens with zero attached hydrogens (tertiary/aromatic N) is 4. The second-order valence-electron chi connectivity index (χ2n) is 7.46. The Morgan fingerprint density at radius 2 is 1.64 bits per heavy atom. The van der Waals surface area contributed by atoms with Crippen molar-refractivity contribution in [2.45, 2.75) is 4.90 Å². The minimum atomic E-state index is -3.74. The topological polar surface area (TPSA) is 109 Å². The van der Waals surface area contributed by atoms with E-state index in [1.807, 2.05) is 24.3 Å². The summed E-state index contributed by atoms with van der Waals surface area (Å²) in [5, 5.41) is 4.17. The third-order valence-electron chi connectivity index (χ3n) is 5.22.